The molecule has 0 saturated heterocycles. The molecular weight excluding hydrogens is 330 g/mol. The maximum Gasteiger partial charge on any atom is 0.244 e. The van der Waals surface area contributed by atoms with Crippen molar-refractivity contribution in [1.82, 2.24) is 4.31 Å². The summed E-state index contributed by atoms with van der Waals surface area (Å²) in [5.74, 6) is 6.30. The van der Waals surface area contributed by atoms with Crippen LogP contribution in [0.15, 0.2) is 59.5 Å². The van der Waals surface area contributed by atoms with Crippen LogP contribution in [0.3, 0.4) is 0 Å². The molecule has 1 unspecified atom stereocenters. The molecule has 2 aromatic carbocycles. The molecule has 2 aromatic rings. The van der Waals surface area contributed by atoms with Crippen LogP contribution >= 0.6 is 0 Å². The van der Waals surface area contributed by atoms with Gasteiger partial charge in [0.25, 0.3) is 0 Å². The highest BCUT2D eigenvalue weighted by Gasteiger charge is 2.27. The third kappa shape index (κ3) is 4.94. The first-order chi connectivity index (χ1) is 12.0. The number of benzene rings is 2. The van der Waals surface area contributed by atoms with E-state index in [0.29, 0.717) is 0 Å². The van der Waals surface area contributed by atoms with Crippen LogP contribution in [0.4, 0.5) is 0 Å². The lowest BCUT2D eigenvalue weighted by atomic mass is 10.1. The third-order valence-corrected chi connectivity index (χ3v) is 5.91. The summed E-state index contributed by atoms with van der Waals surface area (Å²) in [7, 11) is -2.02. The lowest BCUT2D eigenvalue weighted by Crippen LogP contribution is -2.30. The molecule has 0 amide bonds. The first kappa shape index (κ1) is 19.2. The van der Waals surface area contributed by atoms with Gasteiger partial charge >= 0.3 is 0 Å². The molecule has 0 fully saturated rings. The lowest BCUT2D eigenvalue weighted by Gasteiger charge is -2.24. The number of rotatable bonds is 6. The highest BCUT2D eigenvalue weighted by atomic mass is 32.2. The molecule has 0 spiro atoms. The molecule has 0 aliphatic carbocycles. The van der Waals surface area contributed by atoms with Gasteiger partial charge in [0.1, 0.15) is 6.04 Å². The van der Waals surface area contributed by atoms with Crippen LogP contribution in [0.2, 0.25) is 0 Å². The summed E-state index contributed by atoms with van der Waals surface area (Å²) >= 11 is 0. The lowest BCUT2D eigenvalue weighted by molar-refractivity contribution is 0.434. The van der Waals surface area contributed by atoms with Gasteiger partial charge in [0.15, 0.2) is 0 Å². The summed E-state index contributed by atoms with van der Waals surface area (Å²) in [5, 5.41) is 0. The number of aryl methyl sites for hydroxylation is 1. The van der Waals surface area contributed by atoms with Crippen molar-refractivity contribution in [3.05, 3.63) is 65.7 Å². The number of unbranched alkanes of at least 4 members (excludes halogenated alkanes) is 2. The van der Waals surface area contributed by atoms with Crippen LogP contribution < -0.4 is 0 Å². The van der Waals surface area contributed by atoms with Crippen LogP contribution in [-0.4, -0.2) is 19.8 Å². The second-order valence-electron chi connectivity index (χ2n) is 6.07. The van der Waals surface area contributed by atoms with E-state index in [9.17, 15) is 8.42 Å². The quantitative estimate of drug-likeness (QED) is 0.563. The van der Waals surface area contributed by atoms with Crippen molar-refractivity contribution >= 4 is 10.0 Å². The minimum absolute atomic E-state index is 0.289. The molecule has 0 saturated carbocycles. The van der Waals surface area contributed by atoms with Crippen LogP contribution in [0.1, 0.15) is 43.4 Å². The molecule has 0 aliphatic rings. The van der Waals surface area contributed by atoms with Crippen molar-refractivity contribution < 1.29 is 8.42 Å². The van der Waals surface area contributed by atoms with Gasteiger partial charge in [-0.1, -0.05) is 67.3 Å². The standard InChI is InChI=1S/C21H25NO2S/c1-4-5-6-10-13-21(19-11-8-7-9-12-19)22(3)25(23,24)20-16-14-18(2)15-17-20/h7-9,11-12,14-17,21H,4-6H2,1-3H3. The van der Waals surface area contributed by atoms with E-state index >= 15 is 0 Å². The zero-order valence-corrected chi connectivity index (χ0v) is 15.9. The second kappa shape index (κ2) is 8.84. The zero-order chi connectivity index (χ0) is 18.3. The topological polar surface area (TPSA) is 37.4 Å². The fourth-order valence-corrected chi connectivity index (χ4v) is 3.73. The molecular formula is C21H25NO2S. The Kier molecular flexibility index (Phi) is 6.81. The normalized spacial score (nSPS) is 12.5. The highest BCUT2D eigenvalue weighted by Crippen LogP contribution is 2.26. The summed E-state index contributed by atoms with van der Waals surface area (Å²) in [6.07, 6.45) is 2.86. The molecule has 1 atom stereocenters. The first-order valence-corrected chi connectivity index (χ1v) is 9.99. The Morgan fingerprint density at radius 2 is 1.68 bits per heavy atom. The van der Waals surface area contributed by atoms with E-state index in [4.69, 9.17) is 0 Å². The van der Waals surface area contributed by atoms with E-state index in [2.05, 4.69) is 18.8 Å². The fraction of sp³-hybridized carbons (Fsp3) is 0.333. The SMILES string of the molecule is CCCCC#CC(c1ccccc1)N(C)S(=O)(=O)c1ccc(C)cc1. The van der Waals surface area contributed by atoms with Gasteiger partial charge in [0, 0.05) is 13.5 Å². The van der Waals surface area contributed by atoms with Gasteiger partial charge in [-0.2, -0.15) is 4.31 Å². The highest BCUT2D eigenvalue weighted by molar-refractivity contribution is 7.89. The van der Waals surface area contributed by atoms with Crippen molar-refractivity contribution in [2.75, 3.05) is 7.05 Å². The van der Waals surface area contributed by atoms with Crippen LogP contribution in [0.5, 0.6) is 0 Å². The molecule has 25 heavy (non-hydrogen) atoms. The molecule has 0 heterocycles. The number of sulfonamides is 1. The third-order valence-electron chi connectivity index (χ3n) is 4.07. The Hall–Kier alpha value is -2.09. The zero-order valence-electron chi connectivity index (χ0n) is 15.1. The molecule has 2 rings (SSSR count). The van der Waals surface area contributed by atoms with Crippen molar-refractivity contribution in [2.45, 2.75) is 44.0 Å². The Morgan fingerprint density at radius 3 is 2.28 bits per heavy atom. The maximum absolute atomic E-state index is 13.0. The van der Waals surface area contributed by atoms with Crippen molar-refractivity contribution in [3.8, 4) is 11.8 Å². The molecule has 0 bridgehead atoms. The number of hydrogen-bond donors (Lipinski definition) is 0. The van der Waals surface area contributed by atoms with E-state index in [-0.39, 0.29) is 4.90 Å². The molecule has 132 valence electrons. The molecule has 0 radical (unpaired) electrons. The van der Waals surface area contributed by atoms with E-state index in [1.165, 1.54) is 4.31 Å². The molecule has 0 aliphatic heterocycles. The predicted octanol–water partition coefficient (Wildman–Crippen LogP) is 4.55. The molecule has 4 heteroatoms. The number of nitrogens with zero attached hydrogens (tertiary/aromatic N) is 1. The van der Waals surface area contributed by atoms with E-state index in [1.807, 2.05) is 49.4 Å². The van der Waals surface area contributed by atoms with Crippen LogP contribution in [0.25, 0.3) is 0 Å². The fourth-order valence-electron chi connectivity index (χ4n) is 2.47. The number of hydrogen-bond acceptors (Lipinski definition) is 2. The van der Waals surface area contributed by atoms with E-state index in [1.54, 1.807) is 19.2 Å². The monoisotopic (exact) mass is 355 g/mol. The van der Waals surface area contributed by atoms with Crippen LogP contribution in [0, 0.1) is 18.8 Å². The Balaban J connectivity index is 2.38. The predicted molar refractivity (Wildman–Crippen MR) is 103 cm³/mol. The summed E-state index contributed by atoms with van der Waals surface area (Å²) in [5.41, 5.74) is 1.91. The summed E-state index contributed by atoms with van der Waals surface area (Å²) in [6.45, 7) is 4.05. The Morgan fingerprint density at radius 1 is 1.04 bits per heavy atom. The average Bonchev–Trinajstić information content (AvgIpc) is 2.62. The largest absolute Gasteiger partial charge is 0.244 e. The Bertz CT molecular complexity index is 831. The molecule has 0 aromatic heterocycles. The molecule has 0 N–H and O–H groups in total. The summed E-state index contributed by atoms with van der Waals surface area (Å²) < 4.78 is 27.4. The second-order valence-corrected chi connectivity index (χ2v) is 8.07. The average molecular weight is 356 g/mol. The maximum atomic E-state index is 13.0. The van der Waals surface area contributed by atoms with E-state index < -0.39 is 16.1 Å². The van der Waals surface area contributed by atoms with Crippen molar-refractivity contribution in [2.24, 2.45) is 0 Å². The summed E-state index contributed by atoms with van der Waals surface area (Å²) in [6, 6.07) is 16.0. The minimum Gasteiger partial charge on any atom is -0.207 e. The minimum atomic E-state index is -3.61. The van der Waals surface area contributed by atoms with E-state index in [0.717, 1.165) is 30.4 Å². The van der Waals surface area contributed by atoms with Crippen LogP contribution in [-0.2, 0) is 10.0 Å². The van der Waals surface area contributed by atoms with Gasteiger partial charge in [0.2, 0.25) is 10.0 Å². The Labute approximate surface area is 151 Å². The smallest absolute Gasteiger partial charge is 0.207 e. The first-order valence-electron chi connectivity index (χ1n) is 8.55. The van der Waals surface area contributed by atoms with Gasteiger partial charge in [-0.15, -0.1) is 5.92 Å². The van der Waals surface area contributed by atoms with Gasteiger partial charge < -0.3 is 0 Å². The van der Waals surface area contributed by atoms with Crippen molar-refractivity contribution in [3.63, 3.8) is 0 Å². The van der Waals surface area contributed by atoms with Gasteiger partial charge in [0.05, 0.1) is 4.90 Å². The van der Waals surface area contributed by atoms with Crippen molar-refractivity contribution in [1.29, 1.82) is 0 Å². The van der Waals surface area contributed by atoms with Gasteiger partial charge in [-0.25, -0.2) is 8.42 Å². The summed E-state index contributed by atoms with van der Waals surface area (Å²) in [4.78, 5) is 0.289. The molecule has 3 nitrogen and oxygen atoms in total. The van der Waals surface area contributed by atoms with Gasteiger partial charge in [-0.05, 0) is 31.0 Å². The van der Waals surface area contributed by atoms with Gasteiger partial charge in [-0.3, -0.25) is 0 Å².